The predicted molar refractivity (Wildman–Crippen MR) is 85.6 cm³/mol. The number of rotatable bonds is 6. The zero-order valence-corrected chi connectivity index (χ0v) is 13.7. The zero-order valence-electron chi connectivity index (χ0n) is 12.9. The van der Waals surface area contributed by atoms with Gasteiger partial charge in [-0.1, -0.05) is 48.0 Å². The van der Waals surface area contributed by atoms with Gasteiger partial charge in [-0.25, -0.2) is 8.98 Å². The predicted octanol–water partition coefficient (Wildman–Crippen LogP) is 2.79. The van der Waals surface area contributed by atoms with Crippen LogP contribution in [0, 0.1) is 6.92 Å². The van der Waals surface area contributed by atoms with Crippen molar-refractivity contribution in [2.75, 3.05) is 0 Å². The summed E-state index contributed by atoms with van der Waals surface area (Å²) in [7, 11) is -4.18. The van der Waals surface area contributed by atoms with Crippen molar-refractivity contribution in [2.45, 2.75) is 30.8 Å². The second-order valence-electron chi connectivity index (χ2n) is 5.55. The van der Waals surface area contributed by atoms with Gasteiger partial charge in [-0.15, -0.1) is 0 Å². The third kappa shape index (κ3) is 4.18. The molecule has 0 radical (unpaired) electrons. The number of benzene rings is 2. The van der Waals surface area contributed by atoms with Crippen molar-refractivity contribution in [3.05, 3.63) is 65.7 Å². The Morgan fingerprint density at radius 1 is 1.09 bits per heavy atom. The SMILES string of the molecule is Cc1ccc(S(=O)(=O)OC(C)(Cc2ccccc2)C(=O)O)cc1. The fraction of sp³-hybridized carbons (Fsp3) is 0.235. The molecule has 0 saturated heterocycles. The Morgan fingerprint density at radius 3 is 2.17 bits per heavy atom. The summed E-state index contributed by atoms with van der Waals surface area (Å²) in [5, 5.41) is 9.46. The molecule has 0 aromatic heterocycles. The molecular weight excluding hydrogens is 316 g/mol. The van der Waals surface area contributed by atoms with Gasteiger partial charge in [0.15, 0.2) is 5.60 Å². The van der Waals surface area contributed by atoms with Gasteiger partial charge in [0, 0.05) is 6.42 Å². The fourth-order valence-electron chi connectivity index (χ4n) is 2.12. The lowest BCUT2D eigenvalue weighted by atomic mass is 9.97. The Bertz CT molecular complexity index is 781. The fourth-order valence-corrected chi connectivity index (χ4v) is 3.30. The smallest absolute Gasteiger partial charge is 0.337 e. The van der Waals surface area contributed by atoms with Crippen LogP contribution >= 0.6 is 0 Å². The summed E-state index contributed by atoms with van der Waals surface area (Å²) in [5.74, 6) is -1.34. The Kier molecular flexibility index (Phi) is 4.87. The lowest BCUT2D eigenvalue weighted by molar-refractivity contribution is -0.153. The van der Waals surface area contributed by atoms with Gasteiger partial charge in [0.25, 0.3) is 10.1 Å². The van der Waals surface area contributed by atoms with E-state index in [-0.39, 0.29) is 11.3 Å². The Hall–Kier alpha value is -2.18. The third-order valence-corrected chi connectivity index (χ3v) is 4.88. The van der Waals surface area contributed by atoms with Crippen molar-refractivity contribution < 1.29 is 22.5 Å². The highest BCUT2D eigenvalue weighted by molar-refractivity contribution is 7.86. The van der Waals surface area contributed by atoms with Crippen LogP contribution in [0.3, 0.4) is 0 Å². The molecule has 0 aliphatic rings. The van der Waals surface area contributed by atoms with E-state index in [4.69, 9.17) is 4.18 Å². The quantitative estimate of drug-likeness (QED) is 0.822. The normalized spacial score (nSPS) is 14.2. The van der Waals surface area contributed by atoms with E-state index in [0.29, 0.717) is 5.56 Å². The van der Waals surface area contributed by atoms with Crippen molar-refractivity contribution in [3.8, 4) is 0 Å². The summed E-state index contributed by atoms with van der Waals surface area (Å²) in [6.45, 7) is 3.09. The molecule has 0 saturated carbocycles. The molecule has 5 nitrogen and oxygen atoms in total. The molecule has 1 unspecified atom stereocenters. The van der Waals surface area contributed by atoms with E-state index in [1.807, 2.05) is 6.92 Å². The number of carboxylic acid groups (broad SMARTS) is 1. The maximum absolute atomic E-state index is 12.4. The maximum atomic E-state index is 12.4. The molecule has 0 bridgehead atoms. The molecule has 0 aliphatic heterocycles. The number of carboxylic acids is 1. The first kappa shape index (κ1) is 17.2. The summed E-state index contributed by atoms with van der Waals surface area (Å²) >= 11 is 0. The number of aliphatic carboxylic acids is 1. The van der Waals surface area contributed by atoms with E-state index in [1.165, 1.54) is 19.1 Å². The molecule has 1 N–H and O–H groups in total. The van der Waals surface area contributed by atoms with Crippen LogP contribution < -0.4 is 0 Å². The molecule has 2 aromatic carbocycles. The van der Waals surface area contributed by atoms with Crippen LogP contribution in [-0.2, 0) is 25.5 Å². The summed E-state index contributed by atoms with van der Waals surface area (Å²) < 4.78 is 29.8. The number of hydrogen-bond acceptors (Lipinski definition) is 4. The molecule has 0 amide bonds. The average molecular weight is 334 g/mol. The lowest BCUT2D eigenvalue weighted by Gasteiger charge is -2.24. The molecule has 2 aromatic rings. The van der Waals surface area contributed by atoms with Gasteiger partial charge in [0.05, 0.1) is 4.90 Å². The minimum Gasteiger partial charge on any atom is -0.479 e. The molecular formula is C17H18O5S. The molecule has 2 rings (SSSR count). The zero-order chi connectivity index (χ0) is 17.1. The van der Waals surface area contributed by atoms with Gasteiger partial charge in [0.2, 0.25) is 0 Å². The van der Waals surface area contributed by atoms with E-state index in [0.717, 1.165) is 5.56 Å². The van der Waals surface area contributed by atoms with Gasteiger partial charge in [-0.05, 0) is 31.5 Å². The Morgan fingerprint density at radius 2 is 1.65 bits per heavy atom. The molecule has 122 valence electrons. The Balaban J connectivity index is 2.31. The van der Waals surface area contributed by atoms with Crippen molar-refractivity contribution >= 4 is 16.1 Å². The van der Waals surface area contributed by atoms with Crippen LogP contribution in [-0.4, -0.2) is 25.1 Å². The number of carbonyl (C=O) groups is 1. The Labute approximate surface area is 135 Å². The monoisotopic (exact) mass is 334 g/mol. The standard InChI is InChI=1S/C17H18O5S/c1-13-8-10-15(11-9-13)23(20,21)22-17(2,16(18)19)12-14-6-4-3-5-7-14/h3-11H,12H2,1-2H3,(H,18,19). The van der Waals surface area contributed by atoms with Crippen LogP contribution in [0.4, 0.5) is 0 Å². The number of hydrogen-bond donors (Lipinski definition) is 1. The van der Waals surface area contributed by atoms with Gasteiger partial charge in [-0.3, -0.25) is 0 Å². The van der Waals surface area contributed by atoms with Crippen LogP contribution in [0.2, 0.25) is 0 Å². The summed E-state index contributed by atoms with van der Waals surface area (Å²) in [4.78, 5) is 11.5. The van der Waals surface area contributed by atoms with E-state index in [1.54, 1.807) is 42.5 Å². The second kappa shape index (κ2) is 6.52. The largest absolute Gasteiger partial charge is 0.479 e. The van der Waals surface area contributed by atoms with Gasteiger partial charge in [-0.2, -0.15) is 8.42 Å². The van der Waals surface area contributed by atoms with Crippen LogP contribution in [0.1, 0.15) is 18.1 Å². The van der Waals surface area contributed by atoms with Gasteiger partial charge < -0.3 is 5.11 Å². The number of aryl methyl sites for hydroxylation is 1. The lowest BCUT2D eigenvalue weighted by Crippen LogP contribution is -2.42. The highest BCUT2D eigenvalue weighted by Crippen LogP contribution is 2.25. The molecule has 6 heteroatoms. The summed E-state index contributed by atoms with van der Waals surface area (Å²) in [6.07, 6.45) is -0.0612. The van der Waals surface area contributed by atoms with Gasteiger partial charge >= 0.3 is 5.97 Å². The first-order valence-electron chi connectivity index (χ1n) is 7.03. The minimum atomic E-state index is -4.18. The van der Waals surface area contributed by atoms with Gasteiger partial charge in [0.1, 0.15) is 0 Å². The highest BCUT2D eigenvalue weighted by Gasteiger charge is 2.40. The van der Waals surface area contributed by atoms with E-state index < -0.39 is 21.7 Å². The van der Waals surface area contributed by atoms with E-state index >= 15 is 0 Å². The summed E-state index contributed by atoms with van der Waals surface area (Å²) in [6, 6.07) is 14.8. The van der Waals surface area contributed by atoms with Crippen molar-refractivity contribution in [2.24, 2.45) is 0 Å². The second-order valence-corrected chi connectivity index (χ2v) is 7.10. The van der Waals surface area contributed by atoms with E-state index in [2.05, 4.69) is 0 Å². The molecule has 1 atom stereocenters. The molecule has 23 heavy (non-hydrogen) atoms. The molecule has 0 spiro atoms. The van der Waals surface area contributed by atoms with Crippen LogP contribution in [0.25, 0.3) is 0 Å². The van der Waals surface area contributed by atoms with Crippen LogP contribution in [0.15, 0.2) is 59.5 Å². The third-order valence-electron chi connectivity index (χ3n) is 3.44. The topological polar surface area (TPSA) is 80.7 Å². The first-order valence-corrected chi connectivity index (χ1v) is 8.43. The maximum Gasteiger partial charge on any atom is 0.337 e. The van der Waals surface area contributed by atoms with Crippen molar-refractivity contribution in [3.63, 3.8) is 0 Å². The van der Waals surface area contributed by atoms with Crippen molar-refractivity contribution in [1.29, 1.82) is 0 Å². The van der Waals surface area contributed by atoms with Crippen LogP contribution in [0.5, 0.6) is 0 Å². The minimum absolute atomic E-state index is 0.0612. The summed E-state index contributed by atoms with van der Waals surface area (Å²) in [5.41, 5.74) is -0.309. The van der Waals surface area contributed by atoms with Crippen molar-refractivity contribution in [1.82, 2.24) is 0 Å². The average Bonchev–Trinajstić information content (AvgIpc) is 2.48. The first-order chi connectivity index (χ1) is 10.7. The molecule has 0 heterocycles. The molecule has 0 fully saturated rings. The highest BCUT2D eigenvalue weighted by atomic mass is 32.2. The van der Waals surface area contributed by atoms with E-state index in [9.17, 15) is 18.3 Å². The molecule has 0 aliphatic carbocycles.